The molecular formula is C7H7N3OS. The van der Waals surface area contributed by atoms with E-state index in [0.29, 0.717) is 5.84 Å². The topological polar surface area (TPSA) is 67.5 Å². The van der Waals surface area contributed by atoms with Crippen LogP contribution in [0.15, 0.2) is 21.8 Å². The number of carbonyl (C=O) groups is 1. The number of carbonyl (C=O) groups excluding carboxylic acids is 1. The summed E-state index contributed by atoms with van der Waals surface area (Å²) in [5.41, 5.74) is 6.52. The van der Waals surface area contributed by atoms with Gasteiger partial charge in [-0.05, 0) is 22.4 Å². The number of urea groups is 1. The number of nitrogens with two attached hydrogens (primary N) is 1. The normalized spacial score (nSPS) is 22.2. The fourth-order valence-corrected chi connectivity index (χ4v) is 1.79. The van der Waals surface area contributed by atoms with Crippen LogP contribution < -0.4 is 11.1 Å². The Labute approximate surface area is 73.1 Å². The molecule has 1 aromatic rings. The molecule has 1 atom stereocenters. The van der Waals surface area contributed by atoms with Crippen molar-refractivity contribution in [3.05, 3.63) is 22.4 Å². The van der Waals surface area contributed by atoms with Crippen LogP contribution in [0.25, 0.3) is 0 Å². The quantitative estimate of drug-likeness (QED) is 0.675. The van der Waals surface area contributed by atoms with Gasteiger partial charge < -0.3 is 11.1 Å². The molecule has 0 saturated heterocycles. The maximum absolute atomic E-state index is 10.8. The van der Waals surface area contributed by atoms with Crippen LogP contribution in [0, 0.1) is 0 Å². The summed E-state index contributed by atoms with van der Waals surface area (Å²) in [6, 6.07) is 1.34. The summed E-state index contributed by atoms with van der Waals surface area (Å²) in [7, 11) is 0. The molecule has 12 heavy (non-hydrogen) atoms. The summed E-state index contributed by atoms with van der Waals surface area (Å²) in [4.78, 5) is 14.4. The Morgan fingerprint density at radius 1 is 1.67 bits per heavy atom. The van der Waals surface area contributed by atoms with Gasteiger partial charge in [0.25, 0.3) is 0 Å². The maximum Gasteiger partial charge on any atom is 0.343 e. The molecule has 0 aliphatic carbocycles. The van der Waals surface area contributed by atoms with E-state index in [0.717, 1.165) is 5.56 Å². The smallest absolute Gasteiger partial charge is 0.343 e. The molecule has 1 unspecified atom stereocenters. The summed E-state index contributed by atoms with van der Waals surface area (Å²) in [5, 5.41) is 6.53. The summed E-state index contributed by atoms with van der Waals surface area (Å²) >= 11 is 1.57. The first-order valence-corrected chi connectivity index (χ1v) is 4.38. The summed E-state index contributed by atoms with van der Waals surface area (Å²) < 4.78 is 0. The lowest BCUT2D eigenvalue weighted by Gasteiger charge is -2.06. The minimum Gasteiger partial charge on any atom is -0.385 e. The van der Waals surface area contributed by atoms with E-state index in [1.165, 1.54) is 0 Å². The Morgan fingerprint density at radius 3 is 3.00 bits per heavy atom. The molecule has 0 bridgehead atoms. The number of aliphatic imine (C=N–C) groups is 1. The number of hydrogen-bond donors (Lipinski definition) is 2. The van der Waals surface area contributed by atoms with E-state index in [-0.39, 0.29) is 12.1 Å². The van der Waals surface area contributed by atoms with Crippen LogP contribution >= 0.6 is 11.3 Å². The second kappa shape index (κ2) is 2.60. The van der Waals surface area contributed by atoms with Gasteiger partial charge >= 0.3 is 6.03 Å². The zero-order valence-electron chi connectivity index (χ0n) is 6.15. The number of thiophene rings is 1. The highest BCUT2D eigenvalue weighted by Gasteiger charge is 2.24. The van der Waals surface area contributed by atoms with Crippen LogP contribution in [0.2, 0.25) is 0 Å². The van der Waals surface area contributed by atoms with Gasteiger partial charge in [0.05, 0.1) is 0 Å². The minimum absolute atomic E-state index is 0.219. The molecule has 0 fully saturated rings. The number of hydrogen-bond acceptors (Lipinski definition) is 3. The Kier molecular flexibility index (Phi) is 1.58. The number of amides is 2. The summed E-state index contributed by atoms with van der Waals surface area (Å²) in [6.45, 7) is 0. The van der Waals surface area contributed by atoms with Crippen molar-refractivity contribution in [3.8, 4) is 0 Å². The zero-order chi connectivity index (χ0) is 8.55. The number of rotatable bonds is 1. The predicted molar refractivity (Wildman–Crippen MR) is 47.2 cm³/mol. The highest BCUT2D eigenvalue weighted by Crippen LogP contribution is 2.19. The van der Waals surface area contributed by atoms with E-state index in [9.17, 15) is 4.79 Å². The van der Waals surface area contributed by atoms with Crippen molar-refractivity contribution in [1.82, 2.24) is 5.32 Å². The highest BCUT2D eigenvalue weighted by molar-refractivity contribution is 7.08. The number of nitrogens with one attached hydrogen (secondary N) is 1. The first-order chi connectivity index (χ1) is 5.77. The van der Waals surface area contributed by atoms with Gasteiger partial charge in [-0.1, -0.05) is 0 Å². The van der Waals surface area contributed by atoms with Crippen molar-refractivity contribution in [3.63, 3.8) is 0 Å². The van der Waals surface area contributed by atoms with Crippen molar-refractivity contribution in [2.75, 3.05) is 0 Å². The van der Waals surface area contributed by atoms with E-state index in [1.807, 2.05) is 16.8 Å². The predicted octanol–water partition coefficient (Wildman–Crippen LogP) is 0.870. The first-order valence-electron chi connectivity index (χ1n) is 3.44. The van der Waals surface area contributed by atoms with E-state index in [4.69, 9.17) is 5.73 Å². The Balaban J connectivity index is 2.29. The van der Waals surface area contributed by atoms with Crippen LogP contribution in [-0.2, 0) is 0 Å². The molecule has 5 heteroatoms. The second-order valence-electron chi connectivity index (χ2n) is 2.48. The van der Waals surface area contributed by atoms with Crippen molar-refractivity contribution in [1.29, 1.82) is 0 Å². The summed E-state index contributed by atoms with van der Waals surface area (Å²) in [5.74, 6) is 0.346. The Bertz CT molecular complexity index is 330. The van der Waals surface area contributed by atoms with E-state index >= 15 is 0 Å². The molecule has 0 radical (unpaired) electrons. The number of amidine groups is 1. The average Bonchev–Trinajstić information content (AvgIpc) is 2.58. The van der Waals surface area contributed by atoms with Gasteiger partial charge in [0.2, 0.25) is 0 Å². The SMILES string of the molecule is NC1=NC(=O)NC1c1ccsc1. The van der Waals surface area contributed by atoms with E-state index in [1.54, 1.807) is 11.3 Å². The monoisotopic (exact) mass is 181 g/mol. The second-order valence-corrected chi connectivity index (χ2v) is 3.26. The summed E-state index contributed by atoms with van der Waals surface area (Å²) in [6.07, 6.45) is 0. The lowest BCUT2D eigenvalue weighted by molar-refractivity contribution is 0.250. The fraction of sp³-hybridized carbons (Fsp3) is 0.143. The Hall–Kier alpha value is -1.36. The molecule has 62 valence electrons. The average molecular weight is 181 g/mol. The van der Waals surface area contributed by atoms with Gasteiger partial charge in [0.15, 0.2) is 0 Å². The van der Waals surface area contributed by atoms with Crippen LogP contribution in [0.1, 0.15) is 11.6 Å². The third kappa shape index (κ3) is 1.08. The van der Waals surface area contributed by atoms with Crippen molar-refractivity contribution in [2.45, 2.75) is 6.04 Å². The van der Waals surface area contributed by atoms with Gasteiger partial charge in [-0.2, -0.15) is 16.3 Å². The van der Waals surface area contributed by atoms with Gasteiger partial charge in [0, 0.05) is 0 Å². The third-order valence-electron chi connectivity index (χ3n) is 1.67. The lowest BCUT2D eigenvalue weighted by atomic mass is 10.1. The maximum atomic E-state index is 10.8. The molecule has 2 heterocycles. The molecule has 1 aliphatic heterocycles. The molecule has 2 amide bonds. The van der Waals surface area contributed by atoms with Gasteiger partial charge in [-0.15, -0.1) is 0 Å². The standard InChI is InChI=1S/C7H7N3OS/c8-6-5(9-7(11)10-6)4-1-2-12-3-4/h1-3,5H,(H3,8,9,10,11). The number of nitrogens with zero attached hydrogens (tertiary/aromatic N) is 1. The van der Waals surface area contributed by atoms with Gasteiger partial charge in [0.1, 0.15) is 11.9 Å². The molecule has 0 saturated carbocycles. The van der Waals surface area contributed by atoms with Crippen LogP contribution in [0.5, 0.6) is 0 Å². The highest BCUT2D eigenvalue weighted by atomic mass is 32.1. The first kappa shape index (κ1) is 7.30. The molecule has 3 N–H and O–H groups in total. The van der Waals surface area contributed by atoms with Gasteiger partial charge in [-0.25, -0.2) is 4.79 Å². The van der Waals surface area contributed by atoms with Crippen LogP contribution in [-0.4, -0.2) is 11.9 Å². The molecule has 1 aliphatic rings. The van der Waals surface area contributed by atoms with Crippen LogP contribution in [0.3, 0.4) is 0 Å². The minimum atomic E-state index is -0.358. The molecule has 2 rings (SSSR count). The van der Waals surface area contributed by atoms with Crippen molar-refractivity contribution < 1.29 is 4.79 Å². The molecular weight excluding hydrogens is 174 g/mol. The molecule has 4 nitrogen and oxygen atoms in total. The third-order valence-corrected chi connectivity index (χ3v) is 2.37. The fourth-order valence-electron chi connectivity index (χ4n) is 1.10. The van der Waals surface area contributed by atoms with Crippen molar-refractivity contribution in [2.24, 2.45) is 10.7 Å². The Morgan fingerprint density at radius 2 is 2.50 bits per heavy atom. The largest absolute Gasteiger partial charge is 0.385 e. The molecule has 0 spiro atoms. The van der Waals surface area contributed by atoms with Crippen molar-refractivity contribution >= 4 is 23.2 Å². The zero-order valence-corrected chi connectivity index (χ0v) is 6.97. The van der Waals surface area contributed by atoms with Gasteiger partial charge in [-0.3, -0.25) is 0 Å². The molecule has 0 aromatic carbocycles. The molecule has 1 aromatic heterocycles. The van der Waals surface area contributed by atoms with E-state index < -0.39 is 0 Å². The lowest BCUT2D eigenvalue weighted by Crippen LogP contribution is -2.27. The van der Waals surface area contributed by atoms with Crippen LogP contribution in [0.4, 0.5) is 4.79 Å². The van der Waals surface area contributed by atoms with E-state index in [2.05, 4.69) is 10.3 Å².